The second-order valence-electron chi connectivity index (χ2n) is 8.30. The summed E-state index contributed by atoms with van der Waals surface area (Å²) in [4.78, 5) is 53.0. The van der Waals surface area contributed by atoms with Crippen LogP contribution in [0.15, 0.2) is 22.7 Å². The van der Waals surface area contributed by atoms with Crippen LogP contribution in [0.5, 0.6) is 0 Å². The summed E-state index contributed by atoms with van der Waals surface area (Å²) in [5, 5.41) is 6.00. The van der Waals surface area contributed by atoms with Crippen LogP contribution in [0, 0.1) is 11.8 Å². The molecule has 3 fully saturated rings. The van der Waals surface area contributed by atoms with E-state index in [-0.39, 0.29) is 25.0 Å². The molecule has 4 aliphatic heterocycles. The maximum absolute atomic E-state index is 13.5. The summed E-state index contributed by atoms with van der Waals surface area (Å²) < 4.78 is 6.35. The highest BCUT2D eigenvalue weighted by Gasteiger charge is 2.70. The molecular formula is C20H21BrN4O5. The maximum Gasteiger partial charge on any atom is 0.250 e. The summed E-state index contributed by atoms with van der Waals surface area (Å²) in [5.41, 5.74) is 5.16. The number of nitrogens with two attached hydrogens (primary N) is 1. The van der Waals surface area contributed by atoms with Crippen LogP contribution in [0.2, 0.25) is 0 Å². The summed E-state index contributed by atoms with van der Waals surface area (Å²) in [6.45, 7) is 0.768. The molecule has 5 atom stereocenters. The van der Waals surface area contributed by atoms with Crippen LogP contribution in [0.4, 0.5) is 5.69 Å². The molecule has 3 saturated heterocycles. The quantitative estimate of drug-likeness (QED) is 0.532. The molecular weight excluding hydrogens is 456 g/mol. The number of ether oxygens (including phenoxy) is 1. The molecule has 0 radical (unpaired) electrons. The molecule has 0 bridgehead atoms. The van der Waals surface area contributed by atoms with E-state index in [1.807, 2.05) is 0 Å². The number of carbonyl (C=O) groups is 4. The number of carbonyl (C=O) groups excluding carboxylic acids is 4. The van der Waals surface area contributed by atoms with E-state index >= 15 is 0 Å². The van der Waals surface area contributed by atoms with Gasteiger partial charge in [-0.15, -0.1) is 0 Å². The Morgan fingerprint density at radius 3 is 2.80 bits per heavy atom. The molecule has 1 unspecified atom stereocenters. The van der Waals surface area contributed by atoms with Crippen LogP contribution in [-0.4, -0.2) is 53.8 Å². The van der Waals surface area contributed by atoms with Gasteiger partial charge in [0.2, 0.25) is 23.6 Å². The first kappa shape index (κ1) is 19.7. The lowest BCUT2D eigenvalue weighted by Crippen LogP contribution is -2.54. The lowest BCUT2D eigenvalue weighted by atomic mass is 9.76. The normalized spacial score (nSPS) is 34.6. The molecule has 1 aromatic carbocycles. The van der Waals surface area contributed by atoms with Crippen molar-refractivity contribution < 1.29 is 23.9 Å². The van der Waals surface area contributed by atoms with Crippen molar-refractivity contribution in [1.29, 1.82) is 0 Å². The molecule has 0 aliphatic carbocycles. The minimum Gasteiger partial charge on any atom is -0.376 e. The average Bonchev–Trinajstić information content (AvgIpc) is 3.42. The predicted molar refractivity (Wildman–Crippen MR) is 108 cm³/mol. The van der Waals surface area contributed by atoms with Gasteiger partial charge in [-0.05, 0) is 31.0 Å². The third-order valence-electron chi connectivity index (χ3n) is 6.60. The van der Waals surface area contributed by atoms with Gasteiger partial charge in [0.25, 0.3) is 0 Å². The minimum atomic E-state index is -1.43. The SMILES string of the molecule is NC(=O)C[C@@H]1N[C@@]2(C(=O)Nc3ccc(Br)cc32)[C@H]2C(=O)N(CC3CCCO3)C(=O)[C@@H]12. The number of amides is 4. The largest absolute Gasteiger partial charge is 0.376 e. The van der Waals surface area contributed by atoms with E-state index in [9.17, 15) is 19.2 Å². The third kappa shape index (κ3) is 2.67. The first-order chi connectivity index (χ1) is 14.3. The first-order valence-electron chi connectivity index (χ1n) is 9.97. The fourth-order valence-corrected chi connectivity index (χ4v) is 5.76. The second-order valence-corrected chi connectivity index (χ2v) is 9.21. The lowest BCUT2D eigenvalue weighted by molar-refractivity contribution is -0.144. The van der Waals surface area contributed by atoms with Crippen molar-refractivity contribution in [3.63, 3.8) is 0 Å². The molecule has 0 aromatic heterocycles. The number of hydrogen-bond acceptors (Lipinski definition) is 6. The Morgan fingerprint density at radius 2 is 2.10 bits per heavy atom. The van der Waals surface area contributed by atoms with Crippen LogP contribution in [0.3, 0.4) is 0 Å². The number of imide groups is 1. The smallest absolute Gasteiger partial charge is 0.250 e. The number of fused-ring (bicyclic) bond motifs is 4. The molecule has 9 nitrogen and oxygen atoms in total. The number of likely N-dealkylation sites (tertiary alicyclic amines) is 1. The predicted octanol–water partition coefficient (Wildman–Crippen LogP) is 0.224. The summed E-state index contributed by atoms with van der Waals surface area (Å²) in [5.74, 6) is -3.60. The number of nitrogens with zero attached hydrogens (tertiary/aromatic N) is 1. The van der Waals surface area contributed by atoms with Gasteiger partial charge in [0.15, 0.2) is 0 Å². The third-order valence-corrected chi connectivity index (χ3v) is 7.09. The van der Waals surface area contributed by atoms with Gasteiger partial charge in [-0.1, -0.05) is 15.9 Å². The Bertz CT molecular complexity index is 978. The Kier molecular flexibility index (Phi) is 4.49. The molecule has 30 heavy (non-hydrogen) atoms. The standard InChI is InChI=1S/C20H21BrN4O5/c21-9-3-4-12-11(6-9)20(19(29)23-12)16-15(13(24-20)7-14(22)26)17(27)25(18(16)28)8-10-2-1-5-30-10/h3-4,6,10,13,15-16,24H,1-2,5,7-8H2,(H2,22,26)(H,23,29)/t10?,13-,15-,16+,20+/m0/s1. The molecule has 5 rings (SSSR count). The zero-order chi connectivity index (χ0) is 21.2. The fourth-order valence-electron chi connectivity index (χ4n) is 5.40. The molecule has 4 heterocycles. The first-order valence-corrected chi connectivity index (χ1v) is 10.8. The van der Waals surface area contributed by atoms with Gasteiger partial charge in [-0.3, -0.25) is 29.4 Å². The maximum atomic E-state index is 13.5. The Hall–Kier alpha value is -2.30. The summed E-state index contributed by atoms with van der Waals surface area (Å²) in [7, 11) is 0. The fraction of sp³-hybridized carbons (Fsp3) is 0.500. The van der Waals surface area contributed by atoms with E-state index in [4.69, 9.17) is 10.5 Å². The van der Waals surface area contributed by atoms with E-state index in [0.29, 0.717) is 17.9 Å². The van der Waals surface area contributed by atoms with Crippen molar-refractivity contribution >= 4 is 45.2 Å². The van der Waals surface area contributed by atoms with E-state index in [1.54, 1.807) is 18.2 Å². The summed E-state index contributed by atoms with van der Waals surface area (Å²) in [6.07, 6.45) is 1.31. The van der Waals surface area contributed by atoms with Gasteiger partial charge in [0, 0.05) is 34.8 Å². The molecule has 4 aliphatic rings. The van der Waals surface area contributed by atoms with Crippen LogP contribution in [0.1, 0.15) is 24.8 Å². The molecule has 1 aromatic rings. The number of primary amides is 1. The monoisotopic (exact) mass is 476 g/mol. The number of hydrogen-bond donors (Lipinski definition) is 3. The molecule has 4 N–H and O–H groups in total. The van der Waals surface area contributed by atoms with Crippen LogP contribution < -0.4 is 16.4 Å². The zero-order valence-electron chi connectivity index (χ0n) is 16.0. The van der Waals surface area contributed by atoms with Crippen LogP contribution in [-0.2, 0) is 29.5 Å². The topological polar surface area (TPSA) is 131 Å². The number of halogens is 1. The number of anilines is 1. The van der Waals surface area contributed by atoms with Crippen LogP contribution in [0.25, 0.3) is 0 Å². The minimum absolute atomic E-state index is 0.147. The highest BCUT2D eigenvalue weighted by molar-refractivity contribution is 9.10. The second kappa shape index (κ2) is 6.86. The van der Waals surface area contributed by atoms with Crippen molar-refractivity contribution in [2.75, 3.05) is 18.5 Å². The Morgan fingerprint density at radius 1 is 1.30 bits per heavy atom. The van der Waals surface area contributed by atoms with E-state index in [1.165, 1.54) is 4.90 Å². The highest BCUT2D eigenvalue weighted by Crippen LogP contribution is 2.53. The van der Waals surface area contributed by atoms with Crippen molar-refractivity contribution in [2.24, 2.45) is 17.6 Å². The zero-order valence-corrected chi connectivity index (χ0v) is 17.6. The van der Waals surface area contributed by atoms with E-state index in [0.717, 1.165) is 17.3 Å². The molecule has 158 valence electrons. The van der Waals surface area contributed by atoms with Gasteiger partial charge in [0.05, 0.1) is 24.5 Å². The van der Waals surface area contributed by atoms with E-state index < -0.39 is 41.1 Å². The summed E-state index contributed by atoms with van der Waals surface area (Å²) >= 11 is 3.42. The summed E-state index contributed by atoms with van der Waals surface area (Å²) in [6, 6.07) is 4.59. The molecule has 10 heteroatoms. The van der Waals surface area contributed by atoms with Gasteiger partial charge < -0.3 is 15.8 Å². The van der Waals surface area contributed by atoms with Gasteiger partial charge >= 0.3 is 0 Å². The van der Waals surface area contributed by atoms with Crippen LogP contribution >= 0.6 is 15.9 Å². The Balaban J connectivity index is 1.60. The van der Waals surface area contributed by atoms with Gasteiger partial charge in [-0.2, -0.15) is 0 Å². The molecule has 1 spiro atoms. The lowest BCUT2D eigenvalue weighted by Gasteiger charge is -2.30. The van der Waals surface area contributed by atoms with Gasteiger partial charge in [0.1, 0.15) is 5.54 Å². The number of rotatable bonds is 4. The van der Waals surface area contributed by atoms with Crippen molar-refractivity contribution in [1.82, 2.24) is 10.2 Å². The van der Waals surface area contributed by atoms with E-state index in [2.05, 4.69) is 26.6 Å². The number of nitrogens with one attached hydrogen (secondary N) is 2. The average molecular weight is 477 g/mol. The van der Waals surface area contributed by atoms with Crippen molar-refractivity contribution in [3.05, 3.63) is 28.2 Å². The van der Waals surface area contributed by atoms with Crippen molar-refractivity contribution in [2.45, 2.75) is 36.9 Å². The Labute approximate surface area is 180 Å². The molecule has 0 saturated carbocycles. The van der Waals surface area contributed by atoms with Gasteiger partial charge in [-0.25, -0.2) is 0 Å². The number of benzene rings is 1. The molecule has 4 amide bonds. The van der Waals surface area contributed by atoms with Crippen molar-refractivity contribution in [3.8, 4) is 0 Å². The highest BCUT2D eigenvalue weighted by atomic mass is 79.9.